The number of carboxylic acid groups (broad SMARTS) is 1. The standard InChI is InChI=1S/C12H15NO5S/c1-12(2,3)18-9(14)6-17-13-10(11(15)16)8-4-5-19-7-8/h4-5,7H,6H2,1-3H3,(H,15,16). The van der Waals surface area contributed by atoms with Crippen LogP contribution in [-0.2, 0) is 19.2 Å². The van der Waals surface area contributed by atoms with E-state index in [0.717, 1.165) is 0 Å². The number of aliphatic carboxylic acids is 1. The Hall–Kier alpha value is -1.89. The monoisotopic (exact) mass is 285 g/mol. The molecular formula is C12H15NO5S. The Kier molecular flexibility index (Phi) is 5.05. The van der Waals surface area contributed by atoms with Crippen LogP contribution in [0.4, 0.5) is 0 Å². The average Bonchev–Trinajstić information content (AvgIpc) is 2.74. The Labute approximate surface area is 114 Å². The molecule has 0 amide bonds. The van der Waals surface area contributed by atoms with Gasteiger partial charge in [-0.25, -0.2) is 9.59 Å². The second kappa shape index (κ2) is 6.33. The molecule has 0 spiro atoms. The largest absolute Gasteiger partial charge is 0.476 e. The lowest BCUT2D eigenvalue weighted by molar-refractivity contribution is -0.160. The van der Waals surface area contributed by atoms with Crippen molar-refractivity contribution in [3.63, 3.8) is 0 Å². The number of hydrogen-bond donors (Lipinski definition) is 1. The van der Waals surface area contributed by atoms with Crippen molar-refractivity contribution < 1.29 is 24.3 Å². The predicted octanol–water partition coefficient (Wildman–Crippen LogP) is 1.90. The second-order valence-electron chi connectivity index (χ2n) is 4.62. The van der Waals surface area contributed by atoms with Crippen molar-refractivity contribution in [3.05, 3.63) is 22.4 Å². The third kappa shape index (κ3) is 5.52. The number of carbonyl (C=O) groups excluding carboxylic acids is 1. The molecule has 19 heavy (non-hydrogen) atoms. The Morgan fingerprint density at radius 3 is 2.58 bits per heavy atom. The summed E-state index contributed by atoms with van der Waals surface area (Å²) < 4.78 is 4.99. The van der Waals surface area contributed by atoms with Crippen LogP contribution in [0.3, 0.4) is 0 Å². The average molecular weight is 285 g/mol. The number of hydrogen-bond acceptors (Lipinski definition) is 6. The highest BCUT2D eigenvalue weighted by atomic mass is 32.1. The van der Waals surface area contributed by atoms with Gasteiger partial charge in [-0.1, -0.05) is 5.16 Å². The molecule has 0 radical (unpaired) electrons. The normalized spacial score (nSPS) is 12.1. The molecule has 0 saturated heterocycles. The van der Waals surface area contributed by atoms with Crippen LogP contribution in [0.15, 0.2) is 22.0 Å². The van der Waals surface area contributed by atoms with Crippen molar-refractivity contribution in [1.29, 1.82) is 0 Å². The minimum atomic E-state index is -1.22. The minimum Gasteiger partial charge on any atom is -0.476 e. The van der Waals surface area contributed by atoms with E-state index in [9.17, 15) is 9.59 Å². The van der Waals surface area contributed by atoms with Gasteiger partial charge in [-0.2, -0.15) is 11.3 Å². The van der Waals surface area contributed by atoms with Crippen molar-refractivity contribution in [2.45, 2.75) is 26.4 Å². The fourth-order valence-corrected chi connectivity index (χ4v) is 1.78. The van der Waals surface area contributed by atoms with Crippen molar-refractivity contribution >= 4 is 29.0 Å². The van der Waals surface area contributed by atoms with Gasteiger partial charge in [0.15, 0.2) is 5.71 Å². The second-order valence-corrected chi connectivity index (χ2v) is 5.40. The molecule has 0 aliphatic rings. The van der Waals surface area contributed by atoms with Crippen LogP contribution in [0.2, 0.25) is 0 Å². The van der Waals surface area contributed by atoms with Crippen LogP contribution in [0, 0.1) is 0 Å². The number of nitrogens with zero attached hydrogens (tertiary/aromatic N) is 1. The zero-order valence-electron chi connectivity index (χ0n) is 10.9. The third-order valence-electron chi connectivity index (χ3n) is 1.76. The summed E-state index contributed by atoms with van der Waals surface area (Å²) in [5, 5.41) is 15.8. The van der Waals surface area contributed by atoms with Crippen LogP contribution in [0.25, 0.3) is 0 Å². The number of esters is 1. The van der Waals surface area contributed by atoms with Gasteiger partial charge in [0.1, 0.15) is 5.60 Å². The predicted molar refractivity (Wildman–Crippen MR) is 70.3 cm³/mol. The van der Waals surface area contributed by atoms with Gasteiger partial charge in [-0.15, -0.1) is 0 Å². The van der Waals surface area contributed by atoms with Crippen molar-refractivity contribution in [2.24, 2.45) is 5.16 Å². The summed E-state index contributed by atoms with van der Waals surface area (Å²) >= 11 is 1.34. The van der Waals surface area contributed by atoms with Gasteiger partial charge >= 0.3 is 11.9 Å². The van der Waals surface area contributed by atoms with E-state index in [-0.39, 0.29) is 5.71 Å². The lowest BCUT2D eigenvalue weighted by atomic mass is 10.2. The molecule has 1 aromatic rings. The molecule has 0 aliphatic heterocycles. The third-order valence-corrected chi connectivity index (χ3v) is 2.44. The molecule has 1 heterocycles. The number of carboxylic acids is 1. The summed E-state index contributed by atoms with van der Waals surface area (Å²) in [6.07, 6.45) is 0. The molecule has 104 valence electrons. The van der Waals surface area contributed by atoms with Gasteiger partial charge in [0.2, 0.25) is 6.61 Å². The fraction of sp³-hybridized carbons (Fsp3) is 0.417. The molecule has 0 aromatic carbocycles. The van der Waals surface area contributed by atoms with Crippen molar-refractivity contribution in [1.82, 2.24) is 0 Å². The number of oxime groups is 1. The molecule has 0 fully saturated rings. The number of carbonyl (C=O) groups is 2. The summed E-state index contributed by atoms with van der Waals surface area (Å²) in [6.45, 7) is 4.74. The number of ether oxygens (including phenoxy) is 1. The summed E-state index contributed by atoms with van der Waals surface area (Å²) in [5.41, 5.74) is -0.431. The van der Waals surface area contributed by atoms with E-state index in [0.29, 0.717) is 5.56 Å². The first-order valence-corrected chi connectivity index (χ1v) is 6.41. The zero-order chi connectivity index (χ0) is 14.5. The molecule has 6 nitrogen and oxygen atoms in total. The minimum absolute atomic E-state index is 0.246. The van der Waals surface area contributed by atoms with Crippen LogP contribution >= 0.6 is 11.3 Å². The Morgan fingerprint density at radius 1 is 1.42 bits per heavy atom. The smallest absolute Gasteiger partial charge is 0.358 e. The van der Waals surface area contributed by atoms with E-state index in [1.165, 1.54) is 11.3 Å². The highest BCUT2D eigenvalue weighted by molar-refractivity contribution is 7.08. The van der Waals surface area contributed by atoms with Gasteiger partial charge in [-0.3, -0.25) is 0 Å². The van der Waals surface area contributed by atoms with E-state index in [4.69, 9.17) is 14.7 Å². The molecule has 0 saturated carbocycles. The first-order chi connectivity index (χ1) is 8.79. The molecule has 0 bridgehead atoms. The Balaban J connectivity index is 2.59. The SMILES string of the molecule is CC(C)(C)OC(=O)CON=C(C(=O)O)c1ccsc1. The summed E-state index contributed by atoms with van der Waals surface area (Å²) in [7, 11) is 0. The molecule has 1 aromatic heterocycles. The van der Waals surface area contributed by atoms with Crippen LogP contribution in [0.5, 0.6) is 0 Å². The Morgan fingerprint density at radius 2 is 2.11 bits per heavy atom. The molecular weight excluding hydrogens is 270 g/mol. The van der Waals surface area contributed by atoms with E-state index in [2.05, 4.69) is 5.16 Å². The molecule has 0 atom stereocenters. The molecule has 1 rings (SSSR count). The topological polar surface area (TPSA) is 85.2 Å². The maximum Gasteiger partial charge on any atom is 0.358 e. The lowest BCUT2D eigenvalue weighted by Crippen LogP contribution is -2.26. The summed E-state index contributed by atoms with van der Waals surface area (Å²) in [4.78, 5) is 27.0. The Bertz CT molecular complexity index is 473. The first-order valence-electron chi connectivity index (χ1n) is 5.47. The molecule has 0 unspecified atom stereocenters. The lowest BCUT2D eigenvalue weighted by Gasteiger charge is -2.18. The fourth-order valence-electron chi connectivity index (χ4n) is 1.13. The van der Waals surface area contributed by atoms with E-state index in [1.807, 2.05) is 0 Å². The van der Waals surface area contributed by atoms with Crippen molar-refractivity contribution in [2.75, 3.05) is 6.61 Å². The first kappa shape index (κ1) is 15.2. The summed E-state index contributed by atoms with van der Waals surface area (Å²) in [5.74, 6) is -1.83. The molecule has 7 heteroatoms. The van der Waals surface area contributed by atoms with Gasteiger partial charge < -0.3 is 14.7 Å². The molecule has 1 N–H and O–H groups in total. The highest BCUT2D eigenvalue weighted by Crippen LogP contribution is 2.09. The van der Waals surface area contributed by atoms with Gasteiger partial charge in [0, 0.05) is 10.9 Å². The van der Waals surface area contributed by atoms with Crippen LogP contribution in [0.1, 0.15) is 26.3 Å². The quantitative estimate of drug-likeness (QED) is 0.507. The van der Waals surface area contributed by atoms with Gasteiger partial charge in [0.25, 0.3) is 0 Å². The van der Waals surface area contributed by atoms with Crippen molar-refractivity contribution in [3.8, 4) is 0 Å². The maximum atomic E-state index is 11.3. The zero-order valence-corrected chi connectivity index (χ0v) is 11.7. The van der Waals surface area contributed by atoms with Crippen LogP contribution in [-0.4, -0.2) is 35.0 Å². The molecule has 0 aliphatic carbocycles. The summed E-state index contributed by atoms with van der Waals surface area (Å²) in [6, 6.07) is 1.61. The van der Waals surface area contributed by atoms with Gasteiger partial charge in [0.05, 0.1) is 0 Å². The number of thiophene rings is 1. The van der Waals surface area contributed by atoms with E-state index < -0.39 is 24.1 Å². The van der Waals surface area contributed by atoms with E-state index in [1.54, 1.807) is 37.6 Å². The highest BCUT2D eigenvalue weighted by Gasteiger charge is 2.18. The van der Waals surface area contributed by atoms with Gasteiger partial charge in [-0.05, 0) is 32.2 Å². The van der Waals surface area contributed by atoms with Crippen LogP contribution < -0.4 is 0 Å². The van der Waals surface area contributed by atoms with E-state index >= 15 is 0 Å². The number of rotatable bonds is 5. The maximum absolute atomic E-state index is 11.3.